The molecule has 0 aliphatic carbocycles. The van der Waals surface area contributed by atoms with Crippen molar-refractivity contribution < 1.29 is 14.3 Å². The van der Waals surface area contributed by atoms with Gasteiger partial charge in [0.2, 0.25) is 0 Å². The van der Waals surface area contributed by atoms with Crippen molar-refractivity contribution in [2.75, 3.05) is 13.2 Å². The van der Waals surface area contributed by atoms with Gasteiger partial charge in [-0.3, -0.25) is 9.59 Å². The van der Waals surface area contributed by atoms with Crippen molar-refractivity contribution in [3.05, 3.63) is 18.2 Å². The maximum absolute atomic E-state index is 11.4. The molecular weight excluding hydrogens is 198 g/mol. The second kappa shape index (κ2) is 5.14. The van der Waals surface area contributed by atoms with Crippen LogP contribution in [0, 0.1) is 0 Å². The number of carbonyl (C=O) groups excluding carboxylic acids is 2. The lowest BCUT2D eigenvalue weighted by molar-refractivity contribution is -0.141. The summed E-state index contributed by atoms with van der Waals surface area (Å²) in [5.41, 5.74) is 0.279. The van der Waals surface area contributed by atoms with Gasteiger partial charge in [-0.05, 0) is 6.92 Å². The van der Waals surface area contributed by atoms with Gasteiger partial charge in [-0.25, -0.2) is 4.98 Å². The molecule has 1 rings (SSSR count). The Morgan fingerprint density at radius 3 is 2.87 bits per heavy atom. The lowest BCUT2D eigenvalue weighted by Crippen LogP contribution is -2.30. The average Bonchev–Trinajstić information content (AvgIpc) is 2.62. The van der Waals surface area contributed by atoms with Crippen LogP contribution in [0.5, 0.6) is 0 Å². The number of ether oxygens (including phenoxy) is 1. The van der Waals surface area contributed by atoms with E-state index in [1.54, 1.807) is 24.7 Å². The van der Waals surface area contributed by atoms with Crippen LogP contribution in [0.2, 0.25) is 0 Å². The van der Waals surface area contributed by atoms with Crippen molar-refractivity contribution in [3.8, 4) is 0 Å². The predicted molar refractivity (Wildman–Crippen MR) is 52.2 cm³/mol. The number of hydrogen-bond donors (Lipinski definition) is 1. The van der Waals surface area contributed by atoms with Crippen molar-refractivity contribution in [1.82, 2.24) is 14.9 Å². The van der Waals surface area contributed by atoms with Crippen LogP contribution in [0.1, 0.15) is 17.4 Å². The molecule has 1 heterocycles. The third kappa shape index (κ3) is 3.41. The number of imidazole rings is 1. The van der Waals surface area contributed by atoms with Gasteiger partial charge < -0.3 is 14.6 Å². The molecule has 82 valence electrons. The normalized spacial score (nSPS) is 9.73. The van der Waals surface area contributed by atoms with E-state index in [1.807, 2.05) is 0 Å². The zero-order chi connectivity index (χ0) is 11.3. The highest BCUT2D eigenvalue weighted by molar-refractivity contribution is 5.93. The second-order valence-corrected chi connectivity index (χ2v) is 2.91. The first-order valence-corrected chi connectivity index (χ1v) is 4.55. The van der Waals surface area contributed by atoms with E-state index < -0.39 is 5.97 Å². The second-order valence-electron chi connectivity index (χ2n) is 2.91. The molecule has 0 unspecified atom stereocenters. The lowest BCUT2D eigenvalue weighted by atomic mass is 10.4. The van der Waals surface area contributed by atoms with E-state index in [2.05, 4.69) is 15.0 Å². The predicted octanol–water partition coefficient (Wildman–Crippen LogP) is -0.287. The van der Waals surface area contributed by atoms with Gasteiger partial charge in [-0.1, -0.05) is 0 Å². The highest BCUT2D eigenvalue weighted by atomic mass is 16.5. The minimum absolute atomic E-state index is 0.136. The van der Waals surface area contributed by atoms with Gasteiger partial charge in [0.05, 0.1) is 12.9 Å². The Balaban J connectivity index is 2.40. The molecule has 15 heavy (non-hydrogen) atoms. The number of esters is 1. The van der Waals surface area contributed by atoms with Crippen LogP contribution in [0.25, 0.3) is 0 Å². The summed E-state index contributed by atoms with van der Waals surface area (Å²) in [6, 6.07) is 0. The number of nitrogens with zero attached hydrogens (tertiary/aromatic N) is 2. The fourth-order valence-electron chi connectivity index (χ4n) is 0.985. The Morgan fingerprint density at radius 2 is 2.33 bits per heavy atom. The molecule has 0 aromatic carbocycles. The maximum Gasteiger partial charge on any atom is 0.325 e. The van der Waals surface area contributed by atoms with Gasteiger partial charge in [-0.15, -0.1) is 0 Å². The molecule has 0 aliphatic heterocycles. The number of hydrogen-bond acceptors (Lipinski definition) is 4. The molecule has 0 saturated heterocycles. The molecule has 6 nitrogen and oxygen atoms in total. The molecule has 0 saturated carbocycles. The van der Waals surface area contributed by atoms with Crippen molar-refractivity contribution in [3.63, 3.8) is 0 Å². The molecular formula is C9H13N3O3. The van der Waals surface area contributed by atoms with Gasteiger partial charge in [-0.2, -0.15) is 0 Å². The molecule has 0 aliphatic rings. The van der Waals surface area contributed by atoms with E-state index >= 15 is 0 Å². The number of aryl methyl sites for hydroxylation is 1. The first-order valence-electron chi connectivity index (χ1n) is 4.55. The number of amides is 1. The zero-order valence-electron chi connectivity index (χ0n) is 8.69. The van der Waals surface area contributed by atoms with Gasteiger partial charge >= 0.3 is 5.97 Å². The minimum atomic E-state index is -0.457. The quantitative estimate of drug-likeness (QED) is 0.695. The fraction of sp³-hybridized carbons (Fsp3) is 0.444. The molecule has 0 radical (unpaired) electrons. The van der Waals surface area contributed by atoms with Crippen LogP contribution in [-0.4, -0.2) is 34.6 Å². The molecule has 1 aromatic heterocycles. The van der Waals surface area contributed by atoms with Crippen LogP contribution in [0.4, 0.5) is 0 Å². The number of aromatic nitrogens is 2. The number of nitrogens with one attached hydrogen (secondary N) is 1. The third-order valence-electron chi connectivity index (χ3n) is 1.64. The van der Waals surface area contributed by atoms with Crippen molar-refractivity contribution in [2.45, 2.75) is 6.92 Å². The molecule has 1 amide bonds. The largest absolute Gasteiger partial charge is 0.465 e. The summed E-state index contributed by atoms with van der Waals surface area (Å²) in [5, 5.41) is 2.41. The summed E-state index contributed by atoms with van der Waals surface area (Å²) >= 11 is 0. The van der Waals surface area contributed by atoms with E-state index in [9.17, 15) is 9.59 Å². The first-order chi connectivity index (χ1) is 7.13. The fourth-order valence-corrected chi connectivity index (χ4v) is 0.985. The van der Waals surface area contributed by atoms with Crippen molar-refractivity contribution in [1.29, 1.82) is 0 Å². The summed E-state index contributed by atoms with van der Waals surface area (Å²) in [6.07, 6.45) is 3.08. The highest BCUT2D eigenvalue weighted by Gasteiger charge is 2.10. The molecule has 0 fully saturated rings. The Labute approximate surface area is 87.2 Å². The summed E-state index contributed by atoms with van der Waals surface area (Å²) in [4.78, 5) is 26.1. The number of carbonyl (C=O) groups is 2. The summed E-state index contributed by atoms with van der Waals surface area (Å²) in [5.74, 6) is -0.842. The molecule has 0 bridgehead atoms. The van der Waals surface area contributed by atoms with Gasteiger partial charge in [0, 0.05) is 13.2 Å². The summed E-state index contributed by atoms with van der Waals surface area (Å²) < 4.78 is 6.31. The van der Waals surface area contributed by atoms with Crippen LogP contribution < -0.4 is 5.32 Å². The maximum atomic E-state index is 11.4. The highest BCUT2D eigenvalue weighted by Crippen LogP contribution is 1.93. The standard InChI is InChI=1S/C9H13N3O3/c1-3-15-8(13)4-10-9(14)7-5-12(2)6-11-7/h5-6H,3-4H2,1-2H3,(H,10,14). The number of rotatable bonds is 4. The lowest BCUT2D eigenvalue weighted by Gasteiger charge is -2.02. The van der Waals surface area contributed by atoms with E-state index in [0.29, 0.717) is 6.61 Å². The zero-order valence-corrected chi connectivity index (χ0v) is 8.69. The van der Waals surface area contributed by atoms with Gasteiger partial charge in [0.15, 0.2) is 0 Å². The van der Waals surface area contributed by atoms with E-state index in [4.69, 9.17) is 0 Å². The van der Waals surface area contributed by atoms with Crippen molar-refractivity contribution >= 4 is 11.9 Å². The summed E-state index contributed by atoms with van der Waals surface area (Å²) in [7, 11) is 1.76. The SMILES string of the molecule is CCOC(=O)CNC(=O)c1cn(C)cn1. The van der Waals surface area contributed by atoms with E-state index in [-0.39, 0.29) is 18.1 Å². The Hall–Kier alpha value is -1.85. The first kappa shape index (κ1) is 11.2. The van der Waals surface area contributed by atoms with Gasteiger partial charge in [0.25, 0.3) is 5.91 Å². The van der Waals surface area contributed by atoms with Crippen LogP contribution in [-0.2, 0) is 16.6 Å². The van der Waals surface area contributed by atoms with Gasteiger partial charge in [0.1, 0.15) is 12.2 Å². The minimum Gasteiger partial charge on any atom is -0.465 e. The Morgan fingerprint density at radius 1 is 1.60 bits per heavy atom. The van der Waals surface area contributed by atoms with E-state index in [0.717, 1.165) is 0 Å². The van der Waals surface area contributed by atoms with Crippen LogP contribution >= 0.6 is 0 Å². The molecule has 0 atom stereocenters. The average molecular weight is 211 g/mol. The smallest absolute Gasteiger partial charge is 0.325 e. The molecule has 6 heteroatoms. The monoisotopic (exact) mass is 211 g/mol. The molecule has 1 N–H and O–H groups in total. The summed E-state index contributed by atoms with van der Waals surface area (Å²) in [6.45, 7) is 1.88. The van der Waals surface area contributed by atoms with Crippen LogP contribution in [0.15, 0.2) is 12.5 Å². The molecule has 0 spiro atoms. The van der Waals surface area contributed by atoms with Crippen molar-refractivity contribution in [2.24, 2.45) is 7.05 Å². The Bertz CT molecular complexity index is 359. The molecule has 1 aromatic rings. The van der Waals surface area contributed by atoms with Crippen LogP contribution in [0.3, 0.4) is 0 Å². The van der Waals surface area contributed by atoms with E-state index in [1.165, 1.54) is 6.33 Å². The topological polar surface area (TPSA) is 73.2 Å². The third-order valence-corrected chi connectivity index (χ3v) is 1.64. The Kier molecular flexibility index (Phi) is 3.84.